The molecule has 0 saturated heterocycles. The van der Waals surface area contributed by atoms with Gasteiger partial charge in [-0.05, 0) is 43.9 Å². The average molecular weight is 350 g/mol. The molecule has 0 unspecified atom stereocenters. The van der Waals surface area contributed by atoms with Gasteiger partial charge in [0.15, 0.2) is 0 Å². The second-order valence-corrected chi connectivity index (χ2v) is 6.80. The first-order chi connectivity index (χ1) is 12.6. The average Bonchev–Trinajstić information content (AvgIpc) is 2.62. The van der Waals surface area contributed by atoms with Gasteiger partial charge in [0.05, 0.1) is 0 Å². The number of rotatable bonds is 2. The van der Waals surface area contributed by atoms with E-state index in [2.05, 4.69) is 9.98 Å². The van der Waals surface area contributed by atoms with E-state index in [-0.39, 0.29) is 11.5 Å². The van der Waals surface area contributed by atoms with Crippen LogP contribution in [-0.4, -0.2) is 22.6 Å². The molecule has 0 radical (unpaired) electrons. The van der Waals surface area contributed by atoms with Gasteiger partial charge in [-0.3, -0.25) is 9.69 Å². The molecule has 7 nitrogen and oxygen atoms in total. The monoisotopic (exact) mass is 350 g/mol. The van der Waals surface area contributed by atoms with Gasteiger partial charge >= 0.3 is 0 Å². The lowest BCUT2D eigenvalue weighted by molar-refractivity contribution is 0.305. The highest BCUT2D eigenvalue weighted by atomic mass is 16.1. The van der Waals surface area contributed by atoms with Gasteiger partial charge in [0, 0.05) is 23.0 Å². The number of guanidine groups is 2. The van der Waals surface area contributed by atoms with Crippen molar-refractivity contribution in [2.75, 3.05) is 4.90 Å². The van der Waals surface area contributed by atoms with E-state index in [1.807, 2.05) is 35.2 Å². The van der Waals surface area contributed by atoms with Crippen LogP contribution in [0.2, 0.25) is 0 Å². The van der Waals surface area contributed by atoms with Crippen LogP contribution in [0, 0.1) is 0 Å². The summed E-state index contributed by atoms with van der Waals surface area (Å²) in [6.45, 7) is 0. The van der Waals surface area contributed by atoms with Crippen LogP contribution in [0.5, 0.6) is 0 Å². The summed E-state index contributed by atoms with van der Waals surface area (Å²) in [6, 6.07) is 13.0. The molecule has 2 heterocycles. The number of H-pyrrole nitrogens is 1. The molecule has 1 aromatic heterocycles. The lowest BCUT2D eigenvalue weighted by Gasteiger charge is -2.45. The zero-order chi connectivity index (χ0) is 18.1. The Morgan fingerprint density at radius 1 is 1.04 bits per heavy atom. The molecule has 1 fully saturated rings. The Balaban J connectivity index is 1.79. The molecule has 0 atom stereocenters. The van der Waals surface area contributed by atoms with Gasteiger partial charge in [-0.15, -0.1) is 0 Å². The van der Waals surface area contributed by atoms with Gasteiger partial charge in [0.2, 0.25) is 17.5 Å². The number of nitrogens with one attached hydrogen (secondary N) is 1. The minimum Gasteiger partial charge on any atom is -0.369 e. The molecule has 1 aliphatic heterocycles. The van der Waals surface area contributed by atoms with Crippen LogP contribution >= 0.6 is 0 Å². The van der Waals surface area contributed by atoms with Crippen molar-refractivity contribution in [3.8, 4) is 11.3 Å². The zero-order valence-electron chi connectivity index (χ0n) is 14.5. The van der Waals surface area contributed by atoms with Crippen LogP contribution in [0.3, 0.4) is 0 Å². The zero-order valence-corrected chi connectivity index (χ0v) is 14.5. The summed E-state index contributed by atoms with van der Waals surface area (Å²) >= 11 is 0. The highest BCUT2D eigenvalue weighted by Gasteiger charge is 2.42. The molecule has 7 heteroatoms. The highest BCUT2D eigenvalue weighted by Crippen LogP contribution is 2.40. The minimum absolute atomic E-state index is 0.131. The summed E-state index contributed by atoms with van der Waals surface area (Å²) in [5, 5.41) is 0. The van der Waals surface area contributed by atoms with Crippen molar-refractivity contribution in [2.24, 2.45) is 21.5 Å². The number of hydrogen-bond acceptors (Lipinski definition) is 6. The van der Waals surface area contributed by atoms with Crippen molar-refractivity contribution in [2.45, 2.75) is 37.8 Å². The van der Waals surface area contributed by atoms with E-state index in [4.69, 9.17) is 16.5 Å². The standard InChI is InChI=1S/C19H22N6O/c20-17-23-18(21)25(19(24-17)10-2-1-3-11-19)14-7-4-6-13(12-14)15-8-5-9-16(26)22-15/h4-9,12H,1-3,10-11H2,(H,22,26)(H4,20,21,23,24). The molecule has 26 heavy (non-hydrogen) atoms. The smallest absolute Gasteiger partial charge is 0.248 e. The van der Waals surface area contributed by atoms with E-state index in [9.17, 15) is 4.79 Å². The molecule has 1 saturated carbocycles. The third kappa shape index (κ3) is 2.85. The number of nitrogens with zero attached hydrogens (tertiary/aromatic N) is 3. The largest absolute Gasteiger partial charge is 0.369 e. The number of aromatic amines is 1. The summed E-state index contributed by atoms with van der Waals surface area (Å²) in [5.74, 6) is 0.599. The van der Waals surface area contributed by atoms with Gasteiger partial charge in [-0.25, -0.2) is 4.99 Å². The van der Waals surface area contributed by atoms with E-state index in [0.717, 1.165) is 42.6 Å². The molecule has 0 amide bonds. The van der Waals surface area contributed by atoms with E-state index < -0.39 is 5.66 Å². The molecule has 2 aromatic rings. The topological polar surface area (TPSA) is 113 Å². The Morgan fingerprint density at radius 3 is 2.58 bits per heavy atom. The van der Waals surface area contributed by atoms with Gasteiger partial charge in [0.1, 0.15) is 5.66 Å². The van der Waals surface area contributed by atoms with Crippen LogP contribution in [0.4, 0.5) is 5.69 Å². The minimum atomic E-state index is -0.475. The van der Waals surface area contributed by atoms with Crippen molar-refractivity contribution in [3.05, 3.63) is 52.8 Å². The molecule has 4 rings (SSSR count). The second-order valence-electron chi connectivity index (χ2n) is 6.80. The SMILES string of the molecule is NC1=NC2(CCCCC2)N(c2cccc(-c3cccc(=O)[nH]3)c2)C(N)=N1. The third-order valence-corrected chi connectivity index (χ3v) is 5.04. The third-order valence-electron chi connectivity index (χ3n) is 5.04. The molecule has 1 aromatic carbocycles. The molecule has 1 spiro atoms. The maximum atomic E-state index is 11.6. The lowest BCUT2D eigenvalue weighted by Crippen LogP contribution is -2.58. The van der Waals surface area contributed by atoms with E-state index in [1.54, 1.807) is 6.07 Å². The van der Waals surface area contributed by atoms with Crippen molar-refractivity contribution in [1.82, 2.24) is 4.98 Å². The first-order valence-corrected chi connectivity index (χ1v) is 8.87. The van der Waals surface area contributed by atoms with Crippen LogP contribution < -0.4 is 21.9 Å². The Bertz CT molecular complexity index is 939. The lowest BCUT2D eigenvalue weighted by atomic mass is 9.87. The quantitative estimate of drug-likeness (QED) is 0.770. The fourth-order valence-corrected chi connectivity index (χ4v) is 3.92. The number of anilines is 1. The Hall–Kier alpha value is -3.09. The van der Waals surface area contributed by atoms with Crippen molar-refractivity contribution >= 4 is 17.6 Å². The van der Waals surface area contributed by atoms with E-state index >= 15 is 0 Å². The Kier molecular flexibility index (Phi) is 3.99. The molecular weight excluding hydrogens is 328 g/mol. The van der Waals surface area contributed by atoms with Crippen LogP contribution in [0.25, 0.3) is 11.3 Å². The summed E-state index contributed by atoms with van der Waals surface area (Å²) < 4.78 is 0. The van der Waals surface area contributed by atoms with Crippen LogP contribution in [0.1, 0.15) is 32.1 Å². The summed E-state index contributed by atoms with van der Waals surface area (Å²) in [6.07, 6.45) is 5.11. The Labute approximate surface area is 151 Å². The molecule has 5 N–H and O–H groups in total. The second kappa shape index (κ2) is 6.33. The molecule has 2 aliphatic rings. The normalized spacial score (nSPS) is 19.2. The Morgan fingerprint density at radius 2 is 1.81 bits per heavy atom. The highest BCUT2D eigenvalue weighted by molar-refractivity contribution is 6.05. The molecular formula is C19H22N6O. The number of aliphatic imine (C=N–C) groups is 2. The fourth-order valence-electron chi connectivity index (χ4n) is 3.92. The maximum absolute atomic E-state index is 11.6. The molecule has 134 valence electrons. The first kappa shape index (κ1) is 16.4. The van der Waals surface area contributed by atoms with Gasteiger partial charge in [-0.1, -0.05) is 24.6 Å². The molecule has 1 aliphatic carbocycles. The predicted molar refractivity (Wildman–Crippen MR) is 104 cm³/mol. The van der Waals surface area contributed by atoms with Gasteiger partial charge in [-0.2, -0.15) is 4.99 Å². The summed E-state index contributed by atoms with van der Waals surface area (Å²) in [7, 11) is 0. The number of pyridine rings is 1. The van der Waals surface area contributed by atoms with Crippen molar-refractivity contribution < 1.29 is 0 Å². The van der Waals surface area contributed by atoms with Gasteiger partial charge in [0.25, 0.3) is 0 Å². The van der Waals surface area contributed by atoms with Crippen molar-refractivity contribution in [1.29, 1.82) is 0 Å². The number of nitrogens with two attached hydrogens (primary N) is 2. The van der Waals surface area contributed by atoms with Crippen molar-refractivity contribution in [3.63, 3.8) is 0 Å². The summed E-state index contributed by atoms with van der Waals surface area (Å²) in [4.78, 5) is 25.4. The van der Waals surface area contributed by atoms with E-state index in [0.29, 0.717) is 5.96 Å². The van der Waals surface area contributed by atoms with Gasteiger partial charge < -0.3 is 16.5 Å². The predicted octanol–water partition coefficient (Wildman–Crippen LogP) is 2.15. The summed E-state index contributed by atoms with van der Waals surface area (Å²) in [5.41, 5.74) is 14.2. The van der Waals surface area contributed by atoms with Crippen LogP contribution in [-0.2, 0) is 0 Å². The van der Waals surface area contributed by atoms with Crippen LogP contribution in [0.15, 0.2) is 57.2 Å². The fraction of sp³-hybridized carbons (Fsp3) is 0.316. The first-order valence-electron chi connectivity index (χ1n) is 8.87. The number of hydrogen-bond donors (Lipinski definition) is 3. The number of aromatic nitrogens is 1. The van der Waals surface area contributed by atoms with E-state index in [1.165, 1.54) is 12.5 Å². The number of benzene rings is 1. The molecule has 0 bridgehead atoms. The maximum Gasteiger partial charge on any atom is 0.248 e.